The van der Waals surface area contributed by atoms with Gasteiger partial charge in [0.25, 0.3) is 6.47 Å². The van der Waals surface area contributed by atoms with E-state index in [4.69, 9.17) is 9.90 Å². The van der Waals surface area contributed by atoms with E-state index in [0.29, 0.717) is 6.04 Å². The minimum atomic E-state index is -0.250. The number of rotatable bonds is 1. The summed E-state index contributed by atoms with van der Waals surface area (Å²) in [6.07, 6.45) is 3.70. The van der Waals surface area contributed by atoms with Crippen molar-refractivity contribution in [1.82, 2.24) is 4.90 Å². The van der Waals surface area contributed by atoms with E-state index in [9.17, 15) is 4.79 Å². The lowest BCUT2D eigenvalue weighted by atomic mass is 9.92. The molecule has 1 aliphatic carbocycles. The third kappa shape index (κ3) is 3.37. The highest BCUT2D eigenvalue weighted by atomic mass is 16.3. The van der Waals surface area contributed by atoms with Crippen LogP contribution in [0.25, 0.3) is 0 Å². The van der Waals surface area contributed by atoms with Crippen molar-refractivity contribution in [1.29, 1.82) is 0 Å². The minimum absolute atomic E-state index is 0.194. The molecular formula is C8H15NO3. The smallest absolute Gasteiger partial charge is 0.290 e. The van der Waals surface area contributed by atoms with Crippen molar-refractivity contribution in [2.75, 3.05) is 7.05 Å². The second-order valence-electron chi connectivity index (χ2n) is 2.82. The number of hydrogen-bond donors (Lipinski definition) is 1. The Labute approximate surface area is 72.2 Å². The predicted octanol–water partition coefficient (Wildman–Crippen LogP) is 0.718. The van der Waals surface area contributed by atoms with Crippen LogP contribution in [0, 0.1) is 0 Å². The van der Waals surface area contributed by atoms with Gasteiger partial charge >= 0.3 is 0 Å². The number of carboxylic acid groups (broad SMARTS) is 1. The lowest BCUT2D eigenvalue weighted by molar-refractivity contribution is -0.131. The molecule has 0 unspecified atom stereocenters. The van der Waals surface area contributed by atoms with E-state index in [1.807, 2.05) is 11.9 Å². The Morgan fingerprint density at radius 2 is 2.00 bits per heavy atom. The molecule has 1 N–H and O–H groups in total. The second kappa shape index (κ2) is 5.57. The summed E-state index contributed by atoms with van der Waals surface area (Å²) in [6.45, 7) is 1.37. The molecule has 0 aromatic carbocycles. The van der Waals surface area contributed by atoms with Gasteiger partial charge in [0.05, 0.1) is 0 Å². The van der Waals surface area contributed by atoms with Gasteiger partial charge in [-0.3, -0.25) is 9.59 Å². The summed E-state index contributed by atoms with van der Waals surface area (Å²) < 4.78 is 0. The van der Waals surface area contributed by atoms with Crippen LogP contribution < -0.4 is 0 Å². The fraction of sp³-hybridized carbons (Fsp3) is 0.750. The SMILES string of the molecule is CC(=O)N(C)C1CCC1.O=CO. The number of amides is 1. The summed E-state index contributed by atoms with van der Waals surface area (Å²) in [7, 11) is 1.88. The van der Waals surface area contributed by atoms with E-state index in [1.54, 1.807) is 6.92 Å². The number of carbonyl (C=O) groups is 2. The van der Waals surface area contributed by atoms with Crippen LogP contribution in [0.4, 0.5) is 0 Å². The quantitative estimate of drug-likeness (QED) is 0.594. The van der Waals surface area contributed by atoms with E-state index >= 15 is 0 Å². The topological polar surface area (TPSA) is 57.6 Å². The van der Waals surface area contributed by atoms with Crippen molar-refractivity contribution >= 4 is 12.4 Å². The van der Waals surface area contributed by atoms with Crippen molar-refractivity contribution in [3.8, 4) is 0 Å². The van der Waals surface area contributed by atoms with Gasteiger partial charge in [0.2, 0.25) is 5.91 Å². The normalized spacial score (nSPS) is 15.2. The highest BCUT2D eigenvalue weighted by molar-refractivity contribution is 5.73. The first-order valence-electron chi connectivity index (χ1n) is 3.94. The molecule has 4 nitrogen and oxygen atoms in total. The summed E-state index contributed by atoms with van der Waals surface area (Å²) in [4.78, 5) is 20.9. The molecule has 1 aliphatic rings. The van der Waals surface area contributed by atoms with Crippen LogP contribution in [-0.2, 0) is 9.59 Å². The molecule has 0 saturated heterocycles. The molecule has 0 aromatic rings. The van der Waals surface area contributed by atoms with Gasteiger partial charge in [-0.2, -0.15) is 0 Å². The molecular weight excluding hydrogens is 158 g/mol. The summed E-state index contributed by atoms with van der Waals surface area (Å²) in [5.74, 6) is 0.194. The van der Waals surface area contributed by atoms with Gasteiger partial charge in [-0.1, -0.05) is 0 Å². The first-order chi connectivity index (χ1) is 5.63. The first-order valence-corrected chi connectivity index (χ1v) is 3.94. The average molecular weight is 173 g/mol. The van der Waals surface area contributed by atoms with E-state index in [1.165, 1.54) is 19.3 Å². The summed E-state index contributed by atoms with van der Waals surface area (Å²) >= 11 is 0. The maximum Gasteiger partial charge on any atom is 0.290 e. The third-order valence-electron chi connectivity index (χ3n) is 2.12. The van der Waals surface area contributed by atoms with Gasteiger partial charge in [0, 0.05) is 20.0 Å². The number of carbonyl (C=O) groups excluding carboxylic acids is 1. The molecule has 0 atom stereocenters. The highest BCUT2D eigenvalue weighted by Gasteiger charge is 2.22. The predicted molar refractivity (Wildman–Crippen MR) is 44.8 cm³/mol. The molecule has 0 aromatic heterocycles. The third-order valence-corrected chi connectivity index (χ3v) is 2.12. The maximum absolute atomic E-state index is 10.7. The van der Waals surface area contributed by atoms with Gasteiger partial charge in [0.15, 0.2) is 0 Å². The Hall–Kier alpha value is -1.06. The van der Waals surface area contributed by atoms with Crippen LogP contribution in [0.2, 0.25) is 0 Å². The Morgan fingerprint density at radius 1 is 1.58 bits per heavy atom. The Balaban J connectivity index is 0.000000354. The molecule has 70 valence electrons. The summed E-state index contributed by atoms with van der Waals surface area (Å²) in [5.41, 5.74) is 0. The van der Waals surface area contributed by atoms with E-state index in [0.717, 1.165) is 0 Å². The van der Waals surface area contributed by atoms with Crippen LogP contribution in [-0.4, -0.2) is 35.5 Å². The summed E-state index contributed by atoms with van der Waals surface area (Å²) in [6, 6.07) is 0.558. The van der Waals surface area contributed by atoms with Gasteiger partial charge in [-0.15, -0.1) is 0 Å². The number of nitrogens with zero attached hydrogens (tertiary/aromatic N) is 1. The van der Waals surface area contributed by atoms with E-state index in [-0.39, 0.29) is 12.4 Å². The van der Waals surface area contributed by atoms with Crippen LogP contribution >= 0.6 is 0 Å². The van der Waals surface area contributed by atoms with Crippen molar-refractivity contribution in [2.45, 2.75) is 32.2 Å². The van der Waals surface area contributed by atoms with Gasteiger partial charge < -0.3 is 10.0 Å². The zero-order valence-corrected chi connectivity index (χ0v) is 7.49. The zero-order valence-electron chi connectivity index (χ0n) is 7.49. The zero-order chi connectivity index (χ0) is 9.56. The van der Waals surface area contributed by atoms with Crippen LogP contribution in [0.5, 0.6) is 0 Å². The molecule has 1 rings (SSSR count). The van der Waals surface area contributed by atoms with Gasteiger partial charge in [-0.05, 0) is 19.3 Å². The molecule has 1 saturated carbocycles. The molecule has 0 bridgehead atoms. The van der Waals surface area contributed by atoms with Crippen LogP contribution in [0.15, 0.2) is 0 Å². The second-order valence-corrected chi connectivity index (χ2v) is 2.82. The lowest BCUT2D eigenvalue weighted by Gasteiger charge is -2.33. The standard InChI is InChI=1S/C7H13NO.CH2O2/c1-6(9)8(2)7-4-3-5-7;2-1-3/h7H,3-5H2,1-2H3;1H,(H,2,3). The molecule has 0 aliphatic heterocycles. The fourth-order valence-electron chi connectivity index (χ4n) is 1.03. The molecule has 1 amide bonds. The van der Waals surface area contributed by atoms with Crippen molar-refractivity contribution in [2.24, 2.45) is 0 Å². The molecule has 0 spiro atoms. The van der Waals surface area contributed by atoms with E-state index in [2.05, 4.69) is 0 Å². The fourth-order valence-corrected chi connectivity index (χ4v) is 1.03. The Bertz CT molecular complexity index is 154. The van der Waals surface area contributed by atoms with Crippen LogP contribution in [0.1, 0.15) is 26.2 Å². The molecule has 0 radical (unpaired) electrons. The van der Waals surface area contributed by atoms with Crippen molar-refractivity contribution in [3.05, 3.63) is 0 Å². The Kier molecular flexibility index (Phi) is 5.08. The molecule has 12 heavy (non-hydrogen) atoms. The van der Waals surface area contributed by atoms with Crippen LogP contribution in [0.3, 0.4) is 0 Å². The summed E-state index contributed by atoms with van der Waals surface area (Å²) in [5, 5.41) is 6.89. The van der Waals surface area contributed by atoms with Gasteiger partial charge in [-0.25, -0.2) is 0 Å². The minimum Gasteiger partial charge on any atom is -0.483 e. The van der Waals surface area contributed by atoms with Crippen molar-refractivity contribution < 1.29 is 14.7 Å². The van der Waals surface area contributed by atoms with E-state index < -0.39 is 0 Å². The molecule has 0 heterocycles. The average Bonchev–Trinajstić information content (AvgIpc) is 1.85. The largest absolute Gasteiger partial charge is 0.483 e. The maximum atomic E-state index is 10.7. The monoisotopic (exact) mass is 173 g/mol. The lowest BCUT2D eigenvalue weighted by Crippen LogP contribution is -2.39. The molecule has 4 heteroatoms. The molecule has 1 fully saturated rings. The Morgan fingerprint density at radius 3 is 2.08 bits per heavy atom. The highest BCUT2D eigenvalue weighted by Crippen LogP contribution is 2.23. The number of hydrogen-bond acceptors (Lipinski definition) is 2. The van der Waals surface area contributed by atoms with Crippen molar-refractivity contribution in [3.63, 3.8) is 0 Å². The van der Waals surface area contributed by atoms with Gasteiger partial charge in [0.1, 0.15) is 0 Å². The first kappa shape index (κ1) is 10.9.